The van der Waals surface area contributed by atoms with Crippen molar-refractivity contribution in [3.63, 3.8) is 0 Å². The Hall–Kier alpha value is -1.02. The predicted octanol–water partition coefficient (Wildman–Crippen LogP) is 1.83. The highest BCUT2D eigenvalue weighted by Crippen LogP contribution is 2.24. The third-order valence-electron chi connectivity index (χ3n) is 3.98. The van der Waals surface area contributed by atoms with Crippen molar-refractivity contribution in [2.45, 2.75) is 25.3 Å². The predicted molar refractivity (Wildman–Crippen MR) is 86.3 cm³/mol. The number of sulfonamides is 1. The molecule has 1 saturated heterocycles. The molecule has 1 aromatic rings. The van der Waals surface area contributed by atoms with Crippen molar-refractivity contribution in [2.75, 3.05) is 39.2 Å². The van der Waals surface area contributed by atoms with Gasteiger partial charge in [-0.15, -0.1) is 0 Å². The van der Waals surface area contributed by atoms with E-state index < -0.39 is 10.0 Å². The maximum absolute atomic E-state index is 13.0. The lowest BCUT2D eigenvalue weighted by Gasteiger charge is -2.24. The molecule has 0 amide bonds. The van der Waals surface area contributed by atoms with Crippen molar-refractivity contribution in [3.05, 3.63) is 35.6 Å². The van der Waals surface area contributed by atoms with Crippen molar-refractivity contribution in [1.82, 2.24) is 4.31 Å². The van der Waals surface area contributed by atoms with E-state index in [0.717, 1.165) is 18.4 Å². The van der Waals surface area contributed by atoms with E-state index in [0.29, 0.717) is 26.2 Å². The van der Waals surface area contributed by atoms with Crippen LogP contribution in [0, 0.1) is 5.82 Å². The summed E-state index contributed by atoms with van der Waals surface area (Å²) in [4.78, 5) is 0. The molecule has 0 saturated carbocycles. The molecule has 0 spiro atoms. The van der Waals surface area contributed by atoms with Crippen molar-refractivity contribution in [3.8, 4) is 0 Å². The number of halogens is 1. The molecule has 7 heteroatoms. The molecule has 1 fully saturated rings. The van der Waals surface area contributed by atoms with Gasteiger partial charge >= 0.3 is 0 Å². The van der Waals surface area contributed by atoms with Crippen LogP contribution in [0.4, 0.5) is 4.39 Å². The Morgan fingerprint density at radius 1 is 1.22 bits per heavy atom. The Balaban J connectivity index is 1.90. The maximum atomic E-state index is 13.0. The summed E-state index contributed by atoms with van der Waals surface area (Å²) in [6.07, 6.45) is 2.31. The first-order valence-electron chi connectivity index (χ1n) is 7.83. The Bertz CT molecular complexity index is 576. The van der Waals surface area contributed by atoms with Crippen molar-refractivity contribution in [1.29, 1.82) is 0 Å². The molecule has 0 radical (unpaired) electrons. The van der Waals surface area contributed by atoms with Crippen LogP contribution in [0.1, 0.15) is 18.4 Å². The zero-order valence-electron chi connectivity index (χ0n) is 13.4. The lowest BCUT2D eigenvalue weighted by atomic mass is 10.0. The van der Waals surface area contributed by atoms with Gasteiger partial charge in [0.1, 0.15) is 5.82 Å². The Morgan fingerprint density at radius 3 is 2.65 bits per heavy atom. The molecule has 2 rings (SSSR count). The smallest absolute Gasteiger partial charge is 0.216 e. The fraction of sp³-hybridized carbons (Fsp3) is 0.625. The molecule has 5 nitrogen and oxygen atoms in total. The highest BCUT2D eigenvalue weighted by atomic mass is 32.2. The lowest BCUT2D eigenvalue weighted by Crippen LogP contribution is -2.39. The van der Waals surface area contributed by atoms with E-state index in [9.17, 15) is 12.8 Å². The minimum absolute atomic E-state index is 0.0172. The van der Waals surface area contributed by atoms with E-state index in [2.05, 4.69) is 0 Å². The monoisotopic (exact) mass is 345 g/mol. The first kappa shape index (κ1) is 18.3. The highest BCUT2D eigenvalue weighted by molar-refractivity contribution is 7.89. The van der Waals surface area contributed by atoms with E-state index in [4.69, 9.17) is 9.47 Å². The fourth-order valence-corrected chi connectivity index (χ4v) is 4.40. The Labute approximate surface area is 137 Å². The van der Waals surface area contributed by atoms with Crippen LogP contribution in [-0.2, 0) is 25.9 Å². The molecule has 130 valence electrons. The summed E-state index contributed by atoms with van der Waals surface area (Å²) >= 11 is 0. The quantitative estimate of drug-likeness (QED) is 0.641. The molecular weight excluding hydrogens is 321 g/mol. The molecular formula is C16H24FNO4S. The third-order valence-corrected chi connectivity index (χ3v) is 5.86. The van der Waals surface area contributed by atoms with Gasteiger partial charge in [-0.1, -0.05) is 12.1 Å². The summed E-state index contributed by atoms with van der Waals surface area (Å²) in [7, 11) is -1.76. The molecule has 23 heavy (non-hydrogen) atoms. The van der Waals surface area contributed by atoms with Crippen LogP contribution < -0.4 is 0 Å². The standard InChI is InChI=1S/C16H24FNO4S/c1-21-9-10-22-11-12-23(19,20)18-8-2-3-16(18)13-14-4-6-15(17)7-5-14/h4-7,16H,2-3,8-13H2,1H3. The van der Waals surface area contributed by atoms with Gasteiger partial charge in [0.25, 0.3) is 0 Å². The molecule has 1 aliphatic rings. The molecule has 1 unspecified atom stereocenters. The number of nitrogens with zero attached hydrogens (tertiary/aromatic N) is 1. The number of methoxy groups -OCH3 is 1. The van der Waals surface area contributed by atoms with Crippen molar-refractivity contribution >= 4 is 10.0 Å². The van der Waals surface area contributed by atoms with Gasteiger partial charge in [0.05, 0.1) is 25.6 Å². The van der Waals surface area contributed by atoms with Crippen molar-refractivity contribution < 1.29 is 22.3 Å². The number of ether oxygens (including phenoxy) is 2. The van der Waals surface area contributed by atoms with Crippen LogP contribution in [0.25, 0.3) is 0 Å². The second-order valence-electron chi connectivity index (χ2n) is 5.66. The van der Waals surface area contributed by atoms with Crippen LogP contribution in [0.5, 0.6) is 0 Å². The summed E-state index contributed by atoms with van der Waals surface area (Å²) in [6, 6.07) is 6.20. The van der Waals surface area contributed by atoms with Gasteiger partial charge in [-0.2, -0.15) is 4.31 Å². The first-order valence-corrected chi connectivity index (χ1v) is 9.44. The highest BCUT2D eigenvalue weighted by Gasteiger charge is 2.33. The first-order chi connectivity index (χ1) is 11.0. The molecule has 1 aromatic carbocycles. The van der Waals surface area contributed by atoms with Gasteiger partial charge in [0.15, 0.2) is 0 Å². The number of benzene rings is 1. The Kier molecular flexibility index (Phi) is 6.95. The van der Waals surface area contributed by atoms with Crippen molar-refractivity contribution in [2.24, 2.45) is 0 Å². The molecule has 1 heterocycles. The van der Waals surface area contributed by atoms with Crippen LogP contribution >= 0.6 is 0 Å². The molecule has 0 aromatic heterocycles. The molecule has 0 bridgehead atoms. The zero-order valence-corrected chi connectivity index (χ0v) is 14.2. The number of hydrogen-bond donors (Lipinski definition) is 0. The van der Waals surface area contributed by atoms with Crippen LogP contribution in [0.2, 0.25) is 0 Å². The third kappa shape index (κ3) is 5.53. The molecule has 0 N–H and O–H groups in total. The van der Waals surface area contributed by atoms with Gasteiger partial charge in [0.2, 0.25) is 10.0 Å². The van der Waals surface area contributed by atoms with Crippen LogP contribution in [0.3, 0.4) is 0 Å². The number of rotatable bonds is 9. The largest absolute Gasteiger partial charge is 0.382 e. The summed E-state index contributed by atoms with van der Waals surface area (Å²) in [5.74, 6) is -0.297. The van der Waals surface area contributed by atoms with Gasteiger partial charge in [0, 0.05) is 19.7 Å². The SMILES string of the molecule is COCCOCCS(=O)(=O)N1CCCC1Cc1ccc(F)cc1. The minimum atomic E-state index is -3.33. The van der Waals surface area contributed by atoms with Gasteiger partial charge < -0.3 is 9.47 Å². The van der Waals surface area contributed by atoms with Gasteiger partial charge in [-0.05, 0) is 37.0 Å². The number of hydrogen-bond acceptors (Lipinski definition) is 4. The summed E-state index contributed by atoms with van der Waals surface area (Å²) in [5.41, 5.74) is 0.954. The second kappa shape index (κ2) is 8.73. The molecule has 0 aliphatic carbocycles. The van der Waals surface area contributed by atoms with Gasteiger partial charge in [-0.25, -0.2) is 12.8 Å². The topological polar surface area (TPSA) is 55.8 Å². The summed E-state index contributed by atoms with van der Waals surface area (Å²) < 4.78 is 49.6. The van der Waals surface area contributed by atoms with E-state index in [1.54, 1.807) is 23.5 Å². The zero-order chi connectivity index (χ0) is 16.7. The molecule has 1 aliphatic heterocycles. The minimum Gasteiger partial charge on any atom is -0.382 e. The average molecular weight is 345 g/mol. The van der Waals surface area contributed by atoms with Crippen LogP contribution in [-0.4, -0.2) is 58.0 Å². The lowest BCUT2D eigenvalue weighted by molar-refractivity contribution is 0.0781. The van der Waals surface area contributed by atoms with E-state index >= 15 is 0 Å². The fourth-order valence-electron chi connectivity index (χ4n) is 2.80. The summed E-state index contributed by atoms with van der Waals surface area (Å²) in [6.45, 7) is 1.57. The molecule has 1 atom stereocenters. The van der Waals surface area contributed by atoms with Gasteiger partial charge in [-0.3, -0.25) is 0 Å². The Morgan fingerprint density at radius 2 is 1.96 bits per heavy atom. The average Bonchev–Trinajstić information content (AvgIpc) is 2.98. The summed E-state index contributed by atoms with van der Waals surface area (Å²) in [5, 5.41) is 0. The van der Waals surface area contributed by atoms with E-state index in [-0.39, 0.29) is 24.2 Å². The normalized spacial score (nSPS) is 19.3. The second-order valence-corrected chi connectivity index (χ2v) is 7.70. The van der Waals surface area contributed by atoms with E-state index in [1.807, 2.05) is 0 Å². The van der Waals surface area contributed by atoms with E-state index in [1.165, 1.54) is 12.1 Å². The maximum Gasteiger partial charge on any atom is 0.216 e. The van der Waals surface area contributed by atoms with Crippen LogP contribution in [0.15, 0.2) is 24.3 Å².